The van der Waals surface area contributed by atoms with E-state index in [-0.39, 0.29) is 6.04 Å². The molecule has 2 heterocycles. The highest BCUT2D eigenvalue weighted by molar-refractivity contribution is 7.10. The van der Waals surface area contributed by atoms with Crippen molar-refractivity contribution < 1.29 is 4.74 Å². The molecule has 2 N–H and O–H groups in total. The van der Waals surface area contributed by atoms with Crippen LogP contribution in [0.4, 0.5) is 0 Å². The summed E-state index contributed by atoms with van der Waals surface area (Å²) in [6.07, 6.45) is 4.06. The Morgan fingerprint density at radius 1 is 1.56 bits per heavy atom. The molecule has 3 unspecified atom stereocenters. The highest BCUT2D eigenvalue weighted by atomic mass is 32.1. The number of nitrogens with zero attached hydrogens (tertiary/aromatic N) is 1. The second-order valence-electron chi connectivity index (χ2n) is 5.25. The van der Waals surface area contributed by atoms with Crippen LogP contribution in [0.5, 0.6) is 0 Å². The Bertz CT molecular complexity index is 334. The summed E-state index contributed by atoms with van der Waals surface area (Å²) < 4.78 is 5.82. The molecule has 0 spiro atoms. The SMILES string of the molecule is CC(N)C(c1cccs1)N(C)CC1CCCCO1. The summed E-state index contributed by atoms with van der Waals surface area (Å²) >= 11 is 1.79. The van der Waals surface area contributed by atoms with Gasteiger partial charge in [-0.05, 0) is 44.7 Å². The number of hydrogen-bond acceptors (Lipinski definition) is 4. The van der Waals surface area contributed by atoms with Crippen LogP contribution in [0.1, 0.15) is 37.1 Å². The molecule has 1 aliphatic rings. The largest absolute Gasteiger partial charge is 0.377 e. The van der Waals surface area contributed by atoms with Crippen molar-refractivity contribution in [3.8, 4) is 0 Å². The monoisotopic (exact) mass is 268 g/mol. The van der Waals surface area contributed by atoms with E-state index in [9.17, 15) is 0 Å². The lowest BCUT2D eigenvalue weighted by molar-refractivity contribution is -0.00958. The van der Waals surface area contributed by atoms with Crippen molar-refractivity contribution in [2.45, 2.75) is 44.4 Å². The molecule has 2 rings (SSSR count). The third kappa shape index (κ3) is 3.54. The number of ether oxygens (including phenoxy) is 1. The van der Waals surface area contributed by atoms with Gasteiger partial charge in [0.15, 0.2) is 0 Å². The Balaban J connectivity index is 1.97. The fourth-order valence-corrected chi connectivity index (χ4v) is 3.73. The van der Waals surface area contributed by atoms with Gasteiger partial charge in [0, 0.05) is 24.1 Å². The standard InChI is InChI=1S/C14H24N2OS/c1-11(15)14(13-7-5-9-18-13)16(2)10-12-6-3-4-8-17-12/h5,7,9,11-12,14H,3-4,6,8,10,15H2,1-2H3. The average molecular weight is 268 g/mol. The maximum atomic E-state index is 6.16. The third-order valence-electron chi connectivity index (χ3n) is 3.57. The van der Waals surface area contributed by atoms with Crippen LogP contribution in [0.3, 0.4) is 0 Å². The van der Waals surface area contributed by atoms with E-state index >= 15 is 0 Å². The lowest BCUT2D eigenvalue weighted by Gasteiger charge is -2.34. The van der Waals surface area contributed by atoms with Crippen molar-refractivity contribution in [3.05, 3.63) is 22.4 Å². The Labute approximate surface area is 114 Å². The maximum Gasteiger partial charge on any atom is 0.0702 e. The molecule has 18 heavy (non-hydrogen) atoms. The van der Waals surface area contributed by atoms with Crippen molar-refractivity contribution in [1.29, 1.82) is 0 Å². The lowest BCUT2D eigenvalue weighted by Crippen LogP contribution is -2.41. The first-order chi connectivity index (χ1) is 8.68. The summed E-state index contributed by atoms with van der Waals surface area (Å²) in [6.45, 7) is 3.98. The van der Waals surface area contributed by atoms with Gasteiger partial charge in [-0.25, -0.2) is 0 Å². The van der Waals surface area contributed by atoms with Crippen molar-refractivity contribution >= 4 is 11.3 Å². The molecule has 102 valence electrons. The van der Waals surface area contributed by atoms with Crippen LogP contribution >= 0.6 is 11.3 Å². The number of likely N-dealkylation sites (N-methyl/N-ethyl adjacent to an activating group) is 1. The van der Waals surface area contributed by atoms with E-state index in [4.69, 9.17) is 10.5 Å². The second kappa shape index (κ2) is 6.66. The predicted octanol–water partition coefficient (Wildman–Crippen LogP) is 2.64. The summed E-state index contributed by atoms with van der Waals surface area (Å²) in [5.74, 6) is 0. The Morgan fingerprint density at radius 3 is 2.94 bits per heavy atom. The van der Waals surface area contributed by atoms with Gasteiger partial charge in [0.25, 0.3) is 0 Å². The van der Waals surface area contributed by atoms with Crippen LogP contribution in [0.15, 0.2) is 17.5 Å². The fourth-order valence-electron chi connectivity index (χ4n) is 2.72. The van der Waals surface area contributed by atoms with Crippen LogP contribution in [-0.4, -0.2) is 37.2 Å². The first-order valence-electron chi connectivity index (χ1n) is 6.79. The van der Waals surface area contributed by atoms with Crippen molar-refractivity contribution in [1.82, 2.24) is 4.90 Å². The summed E-state index contributed by atoms with van der Waals surface area (Å²) in [7, 11) is 2.16. The number of thiophene rings is 1. The van der Waals surface area contributed by atoms with Crippen LogP contribution in [0.2, 0.25) is 0 Å². The molecule has 0 aromatic carbocycles. The average Bonchev–Trinajstić information content (AvgIpc) is 2.83. The van der Waals surface area contributed by atoms with Crippen molar-refractivity contribution in [2.24, 2.45) is 5.73 Å². The van der Waals surface area contributed by atoms with Crippen LogP contribution in [0, 0.1) is 0 Å². The van der Waals surface area contributed by atoms with Crippen LogP contribution in [-0.2, 0) is 4.74 Å². The lowest BCUT2D eigenvalue weighted by atomic mass is 10.0. The zero-order valence-corrected chi connectivity index (χ0v) is 12.2. The summed E-state index contributed by atoms with van der Waals surface area (Å²) in [5, 5.41) is 2.12. The zero-order chi connectivity index (χ0) is 13.0. The number of hydrogen-bond donors (Lipinski definition) is 1. The topological polar surface area (TPSA) is 38.5 Å². The van der Waals surface area contributed by atoms with E-state index < -0.39 is 0 Å². The van der Waals surface area contributed by atoms with Gasteiger partial charge in [0.05, 0.1) is 12.1 Å². The second-order valence-corrected chi connectivity index (χ2v) is 6.23. The fraction of sp³-hybridized carbons (Fsp3) is 0.714. The van der Waals surface area contributed by atoms with Gasteiger partial charge >= 0.3 is 0 Å². The van der Waals surface area contributed by atoms with Crippen LogP contribution in [0.25, 0.3) is 0 Å². The summed E-state index contributed by atoms with van der Waals surface area (Å²) in [5.41, 5.74) is 6.16. The van der Waals surface area contributed by atoms with Gasteiger partial charge < -0.3 is 10.5 Å². The van der Waals surface area contributed by atoms with Gasteiger partial charge in [-0.3, -0.25) is 4.90 Å². The molecular formula is C14H24N2OS. The molecule has 0 radical (unpaired) electrons. The number of nitrogens with two attached hydrogens (primary N) is 1. The molecule has 0 aliphatic carbocycles. The highest BCUT2D eigenvalue weighted by Gasteiger charge is 2.25. The molecule has 1 saturated heterocycles. The van der Waals surface area contributed by atoms with E-state index in [0.29, 0.717) is 12.1 Å². The van der Waals surface area contributed by atoms with Crippen LogP contribution < -0.4 is 5.73 Å². The first-order valence-corrected chi connectivity index (χ1v) is 7.67. The Kier molecular flexibility index (Phi) is 5.18. The summed E-state index contributed by atoms with van der Waals surface area (Å²) in [4.78, 5) is 3.70. The van der Waals surface area contributed by atoms with E-state index in [1.165, 1.54) is 24.1 Å². The van der Waals surface area contributed by atoms with E-state index in [1.54, 1.807) is 11.3 Å². The molecule has 1 aromatic rings. The molecule has 1 fully saturated rings. The molecule has 1 aromatic heterocycles. The van der Waals surface area contributed by atoms with Crippen molar-refractivity contribution in [2.75, 3.05) is 20.2 Å². The molecule has 4 heteroatoms. The van der Waals surface area contributed by atoms with Gasteiger partial charge in [0.2, 0.25) is 0 Å². The number of rotatable bonds is 5. The predicted molar refractivity (Wildman–Crippen MR) is 76.9 cm³/mol. The molecule has 0 amide bonds. The minimum absolute atomic E-state index is 0.136. The third-order valence-corrected chi connectivity index (χ3v) is 4.52. The minimum Gasteiger partial charge on any atom is -0.377 e. The first kappa shape index (κ1) is 14.0. The highest BCUT2D eigenvalue weighted by Crippen LogP contribution is 2.27. The van der Waals surface area contributed by atoms with E-state index in [2.05, 4.69) is 36.4 Å². The smallest absolute Gasteiger partial charge is 0.0702 e. The zero-order valence-electron chi connectivity index (χ0n) is 11.3. The Morgan fingerprint density at radius 2 is 2.39 bits per heavy atom. The van der Waals surface area contributed by atoms with E-state index in [0.717, 1.165) is 13.2 Å². The van der Waals surface area contributed by atoms with Gasteiger partial charge in [-0.1, -0.05) is 6.07 Å². The summed E-state index contributed by atoms with van der Waals surface area (Å²) in [6, 6.07) is 4.71. The molecule has 3 atom stereocenters. The molecule has 0 saturated carbocycles. The minimum atomic E-state index is 0.136. The maximum absolute atomic E-state index is 6.16. The van der Waals surface area contributed by atoms with Crippen molar-refractivity contribution in [3.63, 3.8) is 0 Å². The van der Waals surface area contributed by atoms with E-state index in [1.807, 2.05) is 0 Å². The molecule has 0 bridgehead atoms. The van der Waals surface area contributed by atoms with Gasteiger partial charge in [-0.2, -0.15) is 0 Å². The quantitative estimate of drug-likeness (QED) is 0.892. The van der Waals surface area contributed by atoms with Gasteiger partial charge in [0.1, 0.15) is 0 Å². The Hall–Kier alpha value is -0.420. The normalized spacial score (nSPS) is 24.1. The van der Waals surface area contributed by atoms with Gasteiger partial charge in [-0.15, -0.1) is 11.3 Å². The molecule has 1 aliphatic heterocycles. The molecular weight excluding hydrogens is 244 g/mol. The molecule has 3 nitrogen and oxygen atoms in total.